The fraction of sp³-hybridized carbons (Fsp3) is 0.281. The molecule has 0 amide bonds. The topological polar surface area (TPSA) is 78.4 Å². The molecule has 8 heteroatoms. The van der Waals surface area contributed by atoms with Gasteiger partial charge in [0.2, 0.25) is 0 Å². The van der Waals surface area contributed by atoms with Gasteiger partial charge in [-0.1, -0.05) is 18.7 Å². The Balaban J connectivity index is 1.35. The van der Waals surface area contributed by atoms with Gasteiger partial charge in [0.1, 0.15) is 17.2 Å². The molecular weight excluding hydrogens is 501 g/mol. The summed E-state index contributed by atoms with van der Waals surface area (Å²) in [7, 11) is 1.89. The van der Waals surface area contributed by atoms with E-state index in [1.54, 1.807) is 29.2 Å². The van der Waals surface area contributed by atoms with Gasteiger partial charge in [-0.25, -0.2) is 9.37 Å². The maximum Gasteiger partial charge on any atom is 0.138 e. The van der Waals surface area contributed by atoms with E-state index in [9.17, 15) is 4.39 Å². The predicted octanol–water partition coefficient (Wildman–Crippen LogP) is 4.82. The first-order chi connectivity index (χ1) is 19.5. The monoisotopic (exact) mass is 535 g/mol. The van der Waals surface area contributed by atoms with Gasteiger partial charge >= 0.3 is 0 Å². The predicted molar refractivity (Wildman–Crippen MR) is 159 cm³/mol. The molecular formula is C32H34FN7. The van der Waals surface area contributed by atoms with Crippen LogP contribution in [0.2, 0.25) is 0 Å². The van der Waals surface area contributed by atoms with Crippen molar-refractivity contribution < 1.29 is 4.39 Å². The minimum Gasteiger partial charge on any atom is -0.338 e. The maximum absolute atomic E-state index is 14.8. The van der Waals surface area contributed by atoms with Crippen molar-refractivity contribution in [3.05, 3.63) is 83.0 Å². The molecule has 1 aromatic carbocycles. The molecule has 5 heterocycles. The lowest BCUT2D eigenvalue weighted by Gasteiger charge is -2.14. The van der Waals surface area contributed by atoms with Gasteiger partial charge in [-0.05, 0) is 105 Å². The van der Waals surface area contributed by atoms with Crippen LogP contribution in [0.25, 0.3) is 51.3 Å². The number of hydrogen-bond donors (Lipinski definition) is 2. The average Bonchev–Trinajstić information content (AvgIpc) is 3.74. The van der Waals surface area contributed by atoms with Gasteiger partial charge in [-0.3, -0.25) is 9.78 Å². The quantitative estimate of drug-likeness (QED) is 0.299. The van der Waals surface area contributed by atoms with E-state index in [1.165, 1.54) is 25.9 Å². The van der Waals surface area contributed by atoms with Crippen molar-refractivity contribution in [2.75, 3.05) is 19.6 Å². The number of benzene rings is 1. The Hall–Kier alpha value is -4.30. The Labute approximate surface area is 232 Å². The number of hydrogen-bond acceptors (Lipinski definition) is 4. The molecule has 204 valence electrons. The number of nitrogens with one attached hydrogen (secondary N) is 2. The molecule has 0 atom stereocenters. The van der Waals surface area contributed by atoms with Crippen molar-refractivity contribution in [2.24, 2.45) is 7.05 Å². The fourth-order valence-corrected chi connectivity index (χ4v) is 5.65. The van der Waals surface area contributed by atoms with Crippen molar-refractivity contribution in [3.8, 4) is 22.5 Å². The number of fused-ring (bicyclic) bond motifs is 1. The van der Waals surface area contributed by atoms with E-state index in [1.807, 2.05) is 38.4 Å². The summed E-state index contributed by atoms with van der Waals surface area (Å²) >= 11 is 0. The van der Waals surface area contributed by atoms with Crippen LogP contribution in [-0.4, -0.2) is 54.5 Å². The van der Waals surface area contributed by atoms with Crippen molar-refractivity contribution in [3.63, 3.8) is 0 Å². The largest absolute Gasteiger partial charge is 0.338 e. The number of aromatic amines is 2. The zero-order valence-corrected chi connectivity index (χ0v) is 23.0. The number of likely N-dealkylation sites (tertiary alicyclic amines) is 1. The highest BCUT2D eigenvalue weighted by Gasteiger charge is 2.15. The summed E-state index contributed by atoms with van der Waals surface area (Å²) in [6.45, 7) is 9.66. The average molecular weight is 536 g/mol. The smallest absolute Gasteiger partial charge is 0.138 e. The molecule has 0 saturated carbocycles. The van der Waals surface area contributed by atoms with E-state index < -0.39 is 0 Å². The summed E-state index contributed by atoms with van der Waals surface area (Å²) in [5, 5.41) is 14.8. The summed E-state index contributed by atoms with van der Waals surface area (Å²) in [4.78, 5) is 10.5. The zero-order valence-electron chi connectivity index (χ0n) is 23.0. The molecule has 2 N–H and O–H groups in total. The van der Waals surface area contributed by atoms with Gasteiger partial charge in [-0.2, -0.15) is 10.2 Å². The van der Waals surface area contributed by atoms with Crippen molar-refractivity contribution in [1.82, 2.24) is 34.8 Å². The second-order valence-electron chi connectivity index (χ2n) is 10.6. The minimum atomic E-state index is -0.212. The van der Waals surface area contributed by atoms with Gasteiger partial charge in [0, 0.05) is 35.6 Å². The molecule has 1 aliphatic heterocycles. The first-order valence-corrected chi connectivity index (χ1v) is 13.9. The molecule has 6 rings (SSSR count). The second-order valence-corrected chi connectivity index (χ2v) is 10.6. The molecule has 1 saturated heterocycles. The van der Waals surface area contributed by atoms with E-state index in [-0.39, 0.29) is 5.82 Å². The normalized spacial score (nSPS) is 15.1. The summed E-state index contributed by atoms with van der Waals surface area (Å²) in [6.07, 6.45) is 14.0. The SMILES string of the molecule is C=C(/C=c1/c(-c2cc3c(-c4cc(F)cc(CCCN5CCCC5)c4)ccnc3[nH]2)n[nH]/c1=C/C)c1cnn(C)c1. The van der Waals surface area contributed by atoms with Crippen LogP contribution in [0.4, 0.5) is 4.39 Å². The Morgan fingerprint density at radius 1 is 1.18 bits per heavy atom. The van der Waals surface area contributed by atoms with Crippen LogP contribution in [-0.2, 0) is 13.5 Å². The maximum atomic E-state index is 14.8. The van der Waals surface area contributed by atoms with Crippen molar-refractivity contribution in [2.45, 2.75) is 32.6 Å². The molecule has 0 aliphatic carbocycles. The lowest BCUT2D eigenvalue weighted by Crippen LogP contribution is -2.23. The number of nitrogens with zero attached hydrogens (tertiary/aromatic N) is 5. The summed E-state index contributed by atoms with van der Waals surface area (Å²) in [5.74, 6) is -0.212. The fourth-order valence-electron chi connectivity index (χ4n) is 5.65. The lowest BCUT2D eigenvalue weighted by molar-refractivity contribution is 0.334. The third-order valence-corrected chi connectivity index (χ3v) is 7.71. The van der Waals surface area contributed by atoms with E-state index in [0.717, 1.165) is 80.2 Å². The molecule has 0 radical (unpaired) electrons. The van der Waals surface area contributed by atoms with Crippen LogP contribution >= 0.6 is 0 Å². The van der Waals surface area contributed by atoms with Crippen molar-refractivity contribution >= 4 is 28.8 Å². The number of allylic oxidation sites excluding steroid dienone is 1. The van der Waals surface area contributed by atoms with Crippen LogP contribution in [0.3, 0.4) is 0 Å². The number of rotatable bonds is 8. The van der Waals surface area contributed by atoms with E-state index in [0.29, 0.717) is 0 Å². The highest BCUT2D eigenvalue weighted by atomic mass is 19.1. The van der Waals surface area contributed by atoms with Gasteiger partial charge in [0.25, 0.3) is 0 Å². The van der Waals surface area contributed by atoms with E-state index in [2.05, 4.69) is 48.9 Å². The highest BCUT2D eigenvalue weighted by molar-refractivity contribution is 5.96. The molecule has 40 heavy (non-hydrogen) atoms. The number of aromatic nitrogens is 6. The first-order valence-electron chi connectivity index (χ1n) is 13.9. The minimum absolute atomic E-state index is 0.212. The van der Waals surface area contributed by atoms with Crippen LogP contribution in [0.1, 0.15) is 37.3 Å². The zero-order chi connectivity index (χ0) is 27.6. The molecule has 0 unspecified atom stereocenters. The molecule has 4 aromatic heterocycles. The number of aryl methyl sites for hydroxylation is 2. The Bertz CT molecular complexity index is 1800. The van der Waals surface area contributed by atoms with Gasteiger partial charge in [-0.15, -0.1) is 0 Å². The number of pyridine rings is 1. The lowest BCUT2D eigenvalue weighted by atomic mass is 9.99. The van der Waals surface area contributed by atoms with Crippen LogP contribution < -0.4 is 10.6 Å². The number of halogens is 1. The standard InChI is InChI=1S/C32H34FN7/c1-4-29-28(14-21(2)24-19-35-39(3)20-24)31(38-37-29)30-18-27-26(9-10-34-32(27)36-30)23-15-22(16-25(33)17-23)8-7-13-40-11-5-6-12-40/h4,9-10,14-20,37H,2,5-8,11-13H2,1,3H3,(H,34,36)/b28-14+,29-4+. The molecule has 7 nitrogen and oxygen atoms in total. The third kappa shape index (κ3) is 5.27. The Morgan fingerprint density at radius 2 is 2.02 bits per heavy atom. The Kier molecular flexibility index (Phi) is 7.17. The van der Waals surface area contributed by atoms with Crippen LogP contribution in [0.5, 0.6) is 0 Å². The highest BCUT2D eigenvalue weighted by Crippen LogP contribution is 2.31. The van der Waals surface area contributed by atoms with E-state index in [4.69, 9.17) is 0 Å². The van der Waals surface area contributed by atoms with Gasteiger partial charge in [0.05, 0.1) is 17.2 Å². The number of H-pyrrole nitrogens is 2. The second kappa shape index (κ2) is 11.1. The van der Waals surface area contributed by atoms with E-state index >= 15 is 0 Å². The summed E-state index contributed by atoms with van der Waals surface area (Å²) in [5.41, 5.74) is 6.93. The summed E-state index contributed by atoms with van der Waals surface area (Å²) in [6, 6.07) is 9.40. The van der Waals surface area contributed by atoms with Gasteiger partial charge in [0.15, 0.2) is 0 Å². The van der Waals surface area contributed by atoms with Crippen LogP contribution in [0.15, 0.2) is 55.5 Å². The Morgan fingerprint density at radius 3 is 2.80 bits per heavy atom. The molecule has 1 fully saturated rings. The molecule has 0 spiro atoms. The third-order valence-electron chi connectivity index (χ3n) is 7.71. The molecule has 5 aromatic rings. The van der Waals surface area contributed by atoms with Crippen LogP contribution in [0, 0.1) is 5.82 Å². The van der Waals surface area contributed by atoms with Crippen molar-refractivity contribution in [1.29, 1.82) is 0 Å². The summed E-state index contributed by atoms with van der Waals surface area (Å²) < 4.78 is 16.6. The first kappa shape index (κ1) is 26.0. The molecule has 0 bridgehead atoms. The molecule has 1 aliphatic rings. The van der Waals surface area contributed by atoms with Gasteiger partial charge < -0.3 is 9.88 Å².